The fourth-order valence-electron chi connectivity index (χ4n) is 1.53. The van der Waals surface area contributed by atoms with Gasteiger partial charge >= 0.3 is 6.18 Å². The van der Waals surface area contributed by atoms with Crippen molar-refractivity contribution in [2.75, 3.05) is 11.6 Å². The summed E-state index contributed by atoms with van der Waals surface area (Å²) in [4.78, 5) is 3.76. The lowest BCUT2D eigenvalue weighted by Gasteiger charge is -2.22. The molecule has 1 aliphatic rings. The lowest BCUT2D eigenvalue weighted by molar-refractivity contribution is -0.137. The molecule has 2 rings (SSSR count). The van der Waals surface area contributed by atoms with E-state index in [1.807, 2.05) is 0 Å². The minimum atomic E-state index is -4.62. The third-order valence-corrected chi connectivity index (χ3v) is 2.30. The van der Waals surface area contributed by atoms with Gasteiger partial charge in [0.25, 0.3) is 0 Å². The molecule has 0 spiro atoms. The molecule has 0 amide bonds. The molecular formula is C10H6F3N3O. The van der Waals surface area contributed by atoms with Crippen LogP contribution in [0.15, 0.2) is 17.1 Å². The Bertz CT molecular complexity index is 531. The van der Waals surface area contributed by atoms with Crippen LogP contribution in [0.4, 0.5) is 24.5 Å². The fourth-order valence-corrected chi connectivity index (χ4v) is 1.53. The van der Waals surface area contributed by atoms with Gasteiger partial charge in [0.15, 0.2) is 0 Å². The average molecular weight is 241 g/mol. The van der Waals surface area contributed by atoms with E-state index in [9.17, 15) is 18.4 Å². The third-order valence-electron chi connectivity index (χ3n) is 2.30. The van der Waals surface area contributed by atoms with Gasteiger partial charge in [-0.05, 0) is 12.1 Å². The molecule has 0 radical (unpaired) electrons. The molecule has 0 fully saturated rings. The van der Waals surface area contributed by atoms with E-state index in [4.69, 9.17) is 5.26 Å². The molecule has 1 heterocycles. The summed E-state index contributed by atoms with van der Waals surface area (Å²) in [5.41, 5.74) is -1.50. The maximum Gasteiger partial charge on any atom is 0.417 e. The van der Waals surface area contributed by atoms with Crippen LogP contribution in [-0.4, -0.2) is 18.0 Å². The first-order valence-electron chi connectivity index (χ1n) is 4.58. The predicted molar refractivity (Wildman–Crippen MR) is 53.4 cm³/mol. The van der Waals surface area contributed by atoms with Crippen LogP contribution >= 0.6 is 0 Å². The lowest BCUT2D eigenvalue weighted by atomic mass is 10.0. The van der Waals surface area contributed by atoms with Crippen molar-refractivity contribution in [1.29, 1.82) is 5.26 Å². The molecule has 0 aromatic heterocycles. The molecule has 0 saturated heterocycles. The van der Waals surface area contributed by atoms with Crippen molar-refractivity contribution >= 4 is 17.6 Å². The molecule has 0 aliphatic carbocycles. The van der Waals surface area contributed by atoms with Crippen LogP contribution in [0.2, 0.25) is 0 Å². The molecule has 1 aromatic rings. The number of nitrogens with zero attached hydrogens (tertiary/aromatic N) is 3. The number of hydroxylamine groups is 1. The van der Waals surface area contributed by atoms with Crippen molar-refractivity contribution in [3.8, 4) is 6.07 Å². The van der Waals surface area contributed by atoms with Crippen LogP contribution in [0.25, 0.3) is 0 Å². The van der Waals surface area contributed by atoms with Crippen LogP contribution in [-0.2, 0) is 6.18 Å². The molecule has 1 aromatic carbocycles. The van der Waals surface area contributed by atoms with Gasteiger partial charge in [-0.15, -0.1) is 0 Å². The van der Waals surface area contributed by atoms with E-state index >= 15 is 0 Å². The van der Waals surface area contributed by atoms with Crippen molar-refractivity contribution in [2.24, 2.45) is 4.99 Å². The summed E-state index contributed by atoms with van der Waals surface area (Å²) in [6.07, 6.45) is -3.33. The first-order valence-corrected chi connectivity index (χ1v) is 4.58. The summed E-state index contributed by atoms with van der Waals surface area (Å²) < 4.78 is 37.9. The predicted octanol–water partition coefficient (Wildman–Crippen LogP) is 2.49. The van der Waals surface area contributed by atoms with E-state index < -0.39 is 17.3 Å². The largest absolute Gasteiger partial charge is 0.417 e. The van der Waals surface area contributed by atoms with Gasteiger partial charge in [0, 0.05) is 6.21 Å². The van der Waals surface area contributed by atoms with E-state index in [0.29, 0.717) is 0 Å². The highest BCUT2D eigenvalue weighted by atomic mass is 19.4. The first kappa shape index (κ1) is 11.4. The highest BCUT2D eigenvalue weighted by molar-refractivity contribution is 5.82. The van der Waals surface area contributed by atoms with E-state index in [1.165, 1.54) is 12.3 Å². The number of aliphatic imine (C=N–C) groups is 1. The first-order chi connectivity index (χ1) is 7.93. The Kier molecular flexibility index (Phi) is 2.52. The summed E-state index contributed by atoms with van der Waals surface area (Å²) in [7, 11) is 0. The van der Waals surface area contributed by atoms with E-state index in [0.717, 1.165) is 17.2 Å². The topological polar surface area (TPSA) is 59.6 Å². The molecule has 17 heavy (non-hydrogen) atoms. The molecule has 0 unspecified atom stereocenters. The number of hydrogen-bond acceptors (Lipinski definition) is 4. The van der Waals surface area contributed by atoms with Crippen LogP contribution in [0.1, 0.15) is 11.1 Å². The zero-order valence-electron chi connectivity index (χ0n) is 8.36. The van der Waals surface area contributed by atoms with Gasteiger partial charge in [0.2, 0.25) is 0 Å². The Morgan fingerprint density at radius 3 is 2.71 bits per heavy atom. The van der Waals surface area contributed by atoms with Gasteiger partial charge in [-0.1, -0.05) is 0 Å². The molecular weight excluding hydrogens is 235 g/mol. The number of fused-ring (bicyclic) bond motifs is 1. The number of halogens is 3. The van der Waals surface area contributed by atoms with Gasteiger partial charge in [0.05, 0.1) is 35.1 Å². The highest BCUT2D eigenvalue weighted by Crippen LogP contribution is 2.39. The quantitative estimate of drug-likeness (QED) is 0.759. The smallest absolute Gasteiger partial charge is 0.288 e. The number of anilines is 1. The van der Waals surface area contributed by atoms with E-state index in [-0.39, 0.29) is 17.9 Å². The summed E-state index contributed by atoms with van der Waals surface area (Å²) in [6, 6.07) is 3.20. The summed E-state index contributed by atoms with van der Waals surface area (Å²) in [6.45, 7) is 0.0727. The van der Waals surface area contributed by atoms with Gasteiger partial charge < -0.3 is 0 Å². The van der Waals surface area contributed by atoms with Crippen molar-refractivity contribution < 1.29 is 18.4 Å². The highest BCUT2D eigenvalue weighted by Gasteiger charge is 2.35. The van der Waals surface area contributed by atoms with Crippen LogP contribution in [0.3, 0.4) is 0 Å². The molecule has 0 bridgehead atoms. The molecule has 7 heteroatoms. The van der Waals surface area contributed by atoms with Crippen molar-refractivity contribution in [2.45, 2.75) is 6.18 Å². The second-order valence-electron chi connectivity index (χ2n) is 3.39. The van der Waals surface area contributed by atoms with Gasteiger partial charge in [-0.3, -0.25) is 10.2 Å². The number of rotatable bonds is 0. The minimum Gasteiger partial charge on any atom is -0.288 e. The zero-order chi connectivity index (χ0) is 12.6. The van der Waals surface area contributed by atoms with Crippen molar-refractivity contribution in [3.05, 3.63) is 23.3 Å². The Morgan fingerprint density at radius 2 is 2.12 bits per heavy atom. The Morgan fingerprint density at radius 1 is 1.41 bits per heavy atom. The maximum absolute atomic E-state index is 12.6. The van der Waals surface area contributed by atoms with Crippen molar-refractivity contribution in [3.63, 3.8) is 0 Å². The Labute approximate surface area is 94.2 Å². The summed E-state index contributed by atoms with van der Waals surface area (Å²) in [5.74, 6) is 0. The lowest BCUT2D eigenvalue weighted by Crippen LogP contribution is -2.23. The van der Waals surface area contributed by atoms with Gasteiger partial charge in [-0.25, -0.2) is 5.06 Å². The number of benzene rings is 1. The summed E-state index contributed by atoms with van der Waals surface area (Å²) >= 11 is 0. The van der Waals surface area contributed by atoms with Crippen LogP contribution in [0.5, 0.6) is 0 Å². The van der Waals surface area contributed by atoms with Gasteiger partial charge in [0.1, 0.15) is 0 Å². The fraction of sp³-hybridized carbons (Fsp3) is 0.200. The average Bonchev–Trinajstić information content (AvgIpc) is 2.27. The molecule has 4 nitrogen and oxygen atoms in total. The maximum atomic E-state index is 12.6. The normalized spacial score (nSPS) is 14.4. The Balaban J connectivity index is 2.66. The number of alkyl halides is 3. The standard InChI is InChI=1S/C10H6F3N3O/c11-10(12,13)7-4-8-9(3-6(7)5-14)16(17)2-1-15-8/h1,3-4,17H,2H2. The molecule has 1 aliphatic heterocycles. The zero-order valence-corrected chi connectivity index (χ0v) is 8.36. The van der Waals surface area contributed by atoms with Crippen LogP contribution in [0, 0.1) is 11.3 Å². The summed E-state index contributed by atoms with van der Waals surface area (Å²) in [5, 5.41) is 18.8. The van der Waals surface area contributed by atoms with E-state index in [1.54, 1.807) is 0 Å². The second-order valence-corrected chi connectivity index (χ2v) is 3.39. The third kappa shape index (κ3) is 1.94. The Hall–Kier alpha value is -2.07. The minimum absolute atomic E-state index is 0.00919. The van der Waals surface area contributed by atoms with Crippen LogP contribution < -0.4 is 5.06 Å². The number of nitriles is 1. The SMILES string of the molecule is N#Cc1cc2c(cc1C(F)(F)F)N=CCN2O. The van der Waals surface area contributed by atoms with E-state index in [2.05, 4.69) is 4.99 Å². The van der Waals surface area contributed by atoms with Crippen molar-refractivity contribution in [1.82, 2.24) is 0 Å². The molecule has 1 N–H and O–H groups in total. The monoisotopic (exact) mass is 241 g/mol. The number of hydrogen-bond donors (Lipinski definition) is 1. The molecule has 0 atom stereocenters. The second kappa shape index (κ2) is 3.75. The van der Waals surface area contributed by atoms with Gasteiger partial charge in [-0.2, -0.15) is 18.4 Å². The molecule has 0 saturated carbocycles. The molecule has 88 valence electrons.